The maximum atomic E-state index is 6.03. The SMILES string of the molecule is Cc1ccc([C@H]2C[C@@H](c3ccc(Cl)cc3)n3nc(N)nc3N2)cc1. The molecule has 1 aliphatic rings. The molecule has 0 aliphatic carbocycles. The summed E-state index contributed by atoms with van der Waals surface area (Å²) in [6, 6.07) is 16.7. The molecule has 122 valence electrons. The summed E-state index contributed by atoms with van der Waals surface area (Å²) in [6.45, 7) is 2.09. The number of nitrogens with zero attached hydrogens (tertiary/aromatic N) is 3. The van der Waals surface area contributed by atoms with E-state index in [0.717, 1.165) is 17.0 Å². The Morgan fingerprint density at radius 2 is 1.75 bits per heavy atom. The number of hydrogen-bond acceptors (Lipinski definition) is 4. The van der Waals surface area contributed by atoms with Crippen molar-refractivity contribution >= 4 is 23.5 Å². The van der Waals surface area contributed by atoms with Crippen LogP contribution in [-0.2, 0) is 0 Å². The minimum Gasteiger partial charge on any atom is -0.366 e. The van der Waals surface area contributed by atoms with E-state index in [9.17, 15) is 0 Å². The van der Waals surface area contributed by atoms with Gasteiger partial charge in [0.1, 0.15) is 0 Å². The van der Waals surface area contributed by atoms with Crippen molar-refractivity contribution in [1.29, 1.82) is 0 Å². The smallest absolute Gasteiger partial charge is 0.241 e. The van der Waals surface area contributed by atoms with Crippen molar-refractivity contribution < 1.29 is 0 Å². The number of benzene rings is 2. The van der Waals surface area contributed by atoms with E-state index in [1.807, 2.05) is 28.9 Å². The van der Waals surface area contributed by atoms with Gasteiger partial charge < -0.3 is 11.1 Å². The molecule has 0 amide bonds. The van der Waals surface area contributed by atoms with Gasteiger partial charge in [-0.15, -0.1) is 5.10 Å². The maximum absolute atomic E-state index is 6.03. The van der Waals surface area contributed by atoms with Gasteiger partial charge in [0.25, 0.3) is 0 Å². The molecule has 0 fully saturated rings. The fourth-order valence-electron chi connectivity index (χ4n) is 3.17. The molecule has 1 aromatic heterocycles. The molecule has 2 aromatic carbocycles. The molecule has 1 aliphatic heterocycles. The maximum Gasteiger partial charge on any atom is 0.241 e. The van der Waals surface area contributed by atoms with Crippen LogP contribution < -0.4 is 11.1 Å². The third kappa shape index (κ3) is 2.71. The highest BCUT2D eigenvalue weighted by Gasteiger charge is 2.30. The first-order valence-electron chi connectivity index (χ1n) is 7.91. The lowest BCUT2D eigenvalue weighted by Crippen LogP contribution is -2.28. The average molecular weight is 340 g/mol. The Labute approximate surface area is 145 Å². The Morgan fingerprint density at radius 1 is 1.08 bits per heavy atom. The first kappa shape index (κ1) is 15.0. The third-order valence-corrected chi connectivity index (χ3v) is 4.69. The highest BCUT2D eigenvalue weighted by atomic mass is 35.5. The van der Waals surface area contributed by atoms with E-state index < -0.39 is 0 Å². The Bertz CT molecular complexity index is 854. The van der Waals surface area contributed by atoms with Crippen molar-refractivity contribution in [3.63, 3.8) is 0 Å². The summed E-state index contributed by atoms with van der Waals surface area (Å²) >= 11 is 6.03. The Hall–Kier alpha value is -2.53. The van der Waals surface area contributed by atoms with Gasteiger partial charge in [-0.2, -0.15) is 4.98 Å². The van der Waals surface area contributed by atoms with Crippen LogP contribution in [0.25, 0.3) is 0 Å². The van der Waals surface area contributed by atoms with E-state index in [1.165, 1.54) is 11.1 Å². The first-order valence-corrected chi connectivity index (χ1v) is 8.28. The molecule has 0 radical (unpaired) electrons. The van der Waals surface area contributed by atoms with Gasteiger partial charge in [-0.1, -0.05) is 53.6 Å². The van der Waals surface area contributed by atoms with Crippen LogP contribution >= 0.6 is 11.6 Å². The van der Waals surface area contributed by atoms with E-state index in [4.69, 9.17) is 17.3 Å². The molecule has 0 saturated carbocycles. The molecule has 3 N–H and O–H groups in total. The minimum absolute atomic E-state index is 0.0645. The van der Waals surface area contributed by atoms with Gasteiger partial charge in [-0.25, -0.2) is 4.68 Å². The molecule has 0 unspecified atom stereocenters. The van der Waals surface area contributed by atoms with E-state index in [-0.39, 0.29) is 18.0 Å². The molecule has 0 saturated heterocycles. The quantitative estimate of drug-likeness (QED) is 0.741. The molecular weight excluding hydrogens is 322 g/mol. The average Bonchev–Trinajstić information content (AvgIpc) is 2.95. The van der Waals surface area contributed by atoms with Crippen LogP contribution in [0.5, 0.6) is 0 Å². The molecule has 0 spiro atoms. The summed E-state index contributed by atoms with van der Waals surface area (Å²) < 4.78 is 1.86. The van der Waals surface area contributed by atoms with Crippen LogP contribution in [0, 0.1) is 6.92 Å². The number of aryl methyl sites for hydroxylation is 1. The molecule has 5 nitrogen and oxygen atoms in total. The van der Waals surface area contributed by atoms with Crippen molar-refractivity contribution in [3.05, 3.63) is 70.2 Å². The van der Waals surface area contributed by atoms with Gasteiger partial charge in [-0.05, 0) is 36.6 Å². The van der Waals surface area contributed by atoms with Gasteiger partial charge in [-0.3, -0.25) is 0 Å². The monoisotopic (exact) mass is 339 g/mol. The summed E-state index contributed by atoms with van der Waals surface area (Å²) in [5.74, 6) is 0.977. The Morgan fingerprint density at radius 3 is 2.46 bits per heavy atom. The number of rotatable bonds is 2. The van der Waals surface area contributed by atoms with Gasteiger partial charge in [0, 0.05) is 5.02 Å². The number of nitrogens with two attached hydrogens (primary N) is 1. The molecule has 3 aromatic rings. The molecular formula is C18H18ClN5. The Balaban J connectivity index is 1.74. The fraction of sp³-hybridized carbons (Fsp3) is 0.222. The number of fused-ring (bicyclic) bond motifs is 1. The fourth-order valence-corrected chi connectivity index (χ4v) is 3.30. The summed E-state index contributed by atoms with van der Waals surface area (Å²) in [7, 11) is 0. The topological polar surface area (TPSA) is 68.8 Å². The molecule has 6 heteroatoms. The lowest BCUT2D eigenvalue weighted by Gasteiger charge is -2.31. The third-order valence-electron chi connectivity index (χ3n) is 4.44. The van der Waals surface area contributed by atoms with Crippen molar-refractivity contribution in [3.8, 4) is 0 Å². The van der Waals surface area contributed by atoms with Crippen molar-refractivity contribution in [1.82, 2.24) is 14.8 Å². The number of anilines is 2. The lowest BCUT2D eigenvalue weighted by molar-refractivity contribution is 0.431. The summed E-state index contributed by atoms with van der Waals surface area (Å²) in [4.78, 5) is 4.33. The predicted molar refractivity (Wildman–Crippen MR) is 96.2 cm³/mol. The number of aromatic nitrogens is 3. The second kappa shape index (κ2) is 5.83. The number of nitrogens with one attached hydrogen (secondary N) is 1. The van der Waals surface area contributed by atoms with Crippen LogP contribution in [-0.4, -0.2) is 14.8 Å². The van der Waals surface area contributed by atoms with Crippen LogP contribution in [0.1, 0.15) is 35.2 Å². The van der Waals surface area contributed by atoms with E-state index in [0.29, 0.717) is 5.95 Å². The van der Waals surface area contributed by atoms with Gasteiger partial charge >= 0.3 is 0 Å². The van der Waals surface area contributed by atoms with Crippen molar-refractivity contribution in [2.75, 3.05) is 11.1 Å². The molecule has 0 bridgehead atoms. The lowest BCUT2D eigenvalue weighted by atomic mass is 9.93. The van der Waals surface area contributed by atoms with Crippen LogP contribution in [0.4, 0.5) is 11.9 Å². The van der Waals surface area contributed by atoms with Crippen LogP contribution in [0.15, 0.2) is 48.5 Å². The second-order valence-corrected chi connectivity index (χ2v) is 6.59. The number of hydrogen-bond donors (Lipinski definition) is 2. The van der Waals surface area contributed by atoms with Crippen LogP contribution in [0.2, 0.25) is 5.02 Å². The normalized spacial score (nSPS) is 19.6. The predicted octanol–water partition coefficient (Wildman–Crippen LogP) is 3.97. The standard InChI is InChI=1S/C18H18ClN5/c1-11-2-4-12(5-3-11)15-10-16(13-6-8-14(19)9-7-13)24-18(21-15)22-17(20)23-24/h2-9,15-16H,10H2,1H3,(H3,20,21,22,23)/t15-,16+/m1/s1. The highest BCUT2D eigenvalue weighted by Crippen LogP contribution is 2.38. The second-order valence-electron chi connectivity index (χ2n) is 6.15. The number of nitrogen functional groups attached to an aromatic ring is 1. The Kier molecular flexibility index (Phi) is 3.65. The molecule has 4 rings (SSSR count). The van der Waals surface area contributed by atoms with Crippen molar-refractivity contribution in [2.45, 2.75) is 25.4 Å². The zero-order valence-corrected chi connectivity index (χ0v) is 14.0. The van der Waals surface area contributed by atoms with E-state index in [1.54, 1.807) is 0 Å². The number of halogens is 1. The van der Waals surface area contributed by atoms with Crippen LogP contribution in [0.3, 0.4) is 0 Å². The summed E-state index contributed by atoms with van der Waals surface area (Å²) in [6.07, 6.45) is 0.862. The van der Waals surface area contributed by atoms with E-state index >= 15 is 0 Å². The highest BCUT2D eigenvalue weighted by molar-refractivity contribution is 6.30. The largest absolute Gasteiger partial charge is 0.366 e. The van der Waals surface area contributed by atoms with Gasteiger partial charge in [0.15, 0.2) is 0 Å². The van der Waals surface area contributed by atoms with Crippen molar-refractivity contribution in [2.24, 2.45) is 0 Å². The summed E-state index contributed by atoms with van der Waals surface area (Å²) in [5.41, 5.74) is 9.44. The molecule has 2 heterocycles. The minimum atomic E-state index is 0.0645. The first-order chi connectivity index (χ1) is 11.6. The zero-order valence-electron chi connectivity index (χ0n) is 13.3. The summed E-state index contributed by atoms with van der Waals surface area (Å²) in [5, 5.41) is 8.53. The molecule has 24 heavy (non-hydrogen) atoms. The van der Waals surface area contributed by atoms with Gasteiger partial charge in [0.05, 0.1) is 12.1 Å². The van der Waals surface area contributed by atoms with E-state index in [2.05, 4.69) is 46.6 Å². The zero-order chi connectivity index (χ0) is 16.7. The van der Waals surface area contributed by atoms with Gasteiger partial charge in [0.2, 0.25) is 11.9 Å². The molecule has 2 atom stereocenters.